The van der Waals surface area contributed by atoms with E-state index in [1.165, 1.54) is 35.4 Å². The second kappa shape index (κ2) is 8.09. The lowest BCUT2D eigenvalue weighted by molar-refractivity contribution is -0.00275. The maximum absolute atomic E-state index is 5.19. The summed E-state index contributed by atoms with van der Waals surface area (Å²) >= 11 is 0. The second-order valence-electron chi connectivity index (χ2n) is 14.2. The average molecular weight is 527 g/mol. The Morgan fingerprint density at radius 1 is 0.500 bits per heavy atom. The number of rotatable bonds is 3. The highest BCUT2D eigenvalue weighted by Crippen LogP contribution is 2.67. The Kier molecular flexibility index (Phi) is 4.93. The fourth-order valence-electron chi connectivity index (χ4n) is 9.07. The zero-order valence-electron chi connectivity index (χ0n) is 24.4. The highest BCUT2D eigenvalue weighted by atomic mass is 14.9. The molecule has 0 amide bonds. The van der Waals surface area contributed by atoms with E-state index in [2.05, 4.69) is 90.1 Å². The van der Waals surface area contributed by atoms with Crippen LogP contribution in [0.2, 0.25) is 0 Å². The molecule has 2 saturated carbocycles. The first-order valence-electron chi connectivity index (χ1n) is 15.1. The monoisotopic (exact) mass is 526 g/mol. The molecule has 2 fully saturated rings. The van der Waals surface area contributed by atoms with Crippen molar-refractivity contribution in [2.45, 2.75) is 78.1 Å². The summed E-state index contributed by atoms with van der Waals surface area (Å²) in [7, 11) is 0. The molecule has 0 radical (unpaired) electrons. The van der Waals surface area contributed by atoms with E-state index < -0.39 is 0 Å². The minimum atomic E-state index is 0.381. The van der Waals surface area contributed by atoms with Crippen molar-refractivity contribution in [1.82, 2.24) is 19.9 Å². The molecule has 0 saturated heterocycles. The van der Waals surface area contributed by atoms with Gasteiger partial charge >= 0.3 is 0 Å². The predicted octanol–water partition coefficient (Wildman–Crippen LogP) is 8.76. The third-order valence-electron chi connectivity index (χ3n) is 11.7. The molecule has 0 spiro atoms. The Labute approximate surface area is 237 Å². The molecule has 0 N–H and O–H groups in total. The number of hydrogen-bond donors (Lipinski definition) is 0. The smallest absolute Gasteiger partial charge is 0.0894 e. The van der Waals surface area contributed by atoms with Crippen molar-refractivity contribution in [2.75, 3.05) is 0 Å². The lowest BCUT2D eigenvalue weighted by Crippen LogP contribution is -2.50. The normalized spacial score (nSPS) is 29.9. The van der Waals surface area contributed by atoms with Gasteiger partial charge in [-0.3, -0.25) is 9.97 Å². The van der Waals surface area contributed by atoms with Crippen LogP contribution < -0.4 is 0 Å². The number of aromatic nitrogens is 4. The van der Waals surface area contributed by atoms with Gasteiger partial charge in [-0.2, -0.15) is 0 Å². The molecule has 4 aromatic rings. The van der Waals surface area contributed by atoms with Crippen LogP contribution in [-0.4, -0.2) is 19.9 Å². The molecule has 4 heterocycles. The number of nitrogens with zero attached hydrogens (tertiary/aromatic N) is 4. The van der Waals surface area contributed by atoms with Gasteiger partial charge in [-0.25, -0.2) is 9.97 Å². The molecular weight excluding hydrogens is 488 g/mol. The summed E-state index contributed by atoms with van der Waals surface area (Å²) in [4.78, 5) is 20.5. The molecule has 0 aliphatic heterocycles. The first-order chi connectivity index (χ1) is 19.1. The van der Waals surface area contributed by atoms with E-state index in [9.17, 15) is 0 Å². The molecular formula is C36H38N4. The van der Waals surface area contributed by atoms with E-state index in [-0.39, 0.29) is 0 Å². The molecule has 2 unspecified atom stereocenters. The van der Waals surface area contributed by atoms with E-state index in [4.69, 9.17) is 19.9 Å². The Balaban J connectivity index is 1.12. The SMILES string of the molecule is CC1c2nc(-c3cccc(-c4cccc(-c5ccc6c(n5)C(C)[C@H]5C[C@@H]6C5(C)C)n4)n3)ccc2[C@@H]2C[C@H]1C2(C)C. The molecule has 4 heteroatoms. The molecule has 6 aliphatic rings. The van der Waals surface area contributed by atoms with Crippen LogP contribution >= 0.6 is 0 Å². The quantitative estimate of drug-likeness (QED) is 0.268. The van der Waals surface area contributed by atoms with E-state index >= 15 is 0 Å². The van der Waals surface area contributed by atoms with Gasteiger partial charge in [-0.1, -0.05) is 65.8 Å². The summed E-state index contributed by atoms with van der Waals surface area (Å²) in [5.41, 5.74) is 11.7. The highest BCUT2D eigenvalue weighted by molar-refractivity contribution is 5.66. The number of pyridine rings is 4. The van der Waals surface area contributed by atoms with Crippen LogP contribution in [0.25, 0.3) is 34.2 Å². The van der Waals surface area contributed by atoms with E-state index in [0.717, 1.165) is 46.0 Å². The maximum Gasteiger partial charge on any atom is 0.0894 e. The van der Waals surface area contributed by atoms with Gasteiger partial charge < -0.3 is 0 Å². The van der Waals surface area contributed by atoms with Crippen LogP contribution in [0.5, 0.6) is 0 Å². The van der Waals surface area contributed by atoms with E-state index in [1.807, 2.05) is 12.1 Å². The third-order valence-corrected chi connectivity index (χ3v) is 11.7. The van der Waals surface area contributed by atoms with Gasteiger partial charge in [0.2, 0.25) is 0 Å². The topological polar surface area (TPSA) is 51.6 Å². The molecule has 4 nitrogen and oxygen atoms in total. The van der Waals surface area contributed by atoms with Gasteiger partial charge in [0.15, 0.2) is 0 Å². The molecule has 10 rings (SSSR count). The van der Waals surface area contributed by atoms with Crippen LogP contribution in [0.15, 0.2) is 60.7 Å². The third kappa shape index (κ3) is 3.19. The Morgan fingerprint density at radius 3 is 1.20 bits per heavy atom. The first kappa shape index (κ1) is 24.4. The zero-order chi connectivity index (χ0) is 27.6. The van der Waals surface area contributed by atoms with Crippen molar-refractivity contribution >= 4 is 0 Å². The van der Waals surface area contributed by atoms with Crippen LogP contribution in [0, 0.1) is 22.7 Å². The molecule has 0 aromatic carbocycles. The molecule has 4 aromatic heterocycles. The summed E-state index contributed by atoms with van der Waals surface area (Å²) in [5, 5.41) is 0. The zero-order valence-corrected chi connectivity index (χ0v) is 24.4. The van der Waals surface area contributed by atoms with E-state index in [1.54, 1.807) is 0 Å². The average Bonchev–Trinajstić information content (AvgIpc) is 2.96. The minimum Gasteiger partial charge on any atom is -0.251 e. The van der Waals surface area contributed by atoms with Crippen LogP contribution in [0.1, 0.15) is 101 Å². The number of hydrogen-bond acceptors (Lipinski definition) is 4. The Hall–Kier alpha value is -3.40. The second-order valence-corrected chi connectivity index (χ2v) is 14.2. The summed E-state index contributed by atoms with van der Waals surface area (Å²) in [6.45, 7) is 14.4. The molecule has 6 aliphatic carbocycles. The van der Waals surface area contributed by atoms with E-state index in [0.29, 0.717) is 34.5 Å². The molecule has 202 valence electrons. The van der Waals surface area contributed by atoms with Gasteiger partial charge in [-0.15, -0.1) is 0 Å². The Bertz CT molecular complexity index is 1560. The van der Waals surface area contributed by atoms with Crippen molar-refractivity contribution in [3.8, 4) is 34.2 Å². The summed E-state index contributed by atoms with van der Waals surface area (Å²) < 4.78 is 0. The van der Waals surface area contributed by atoms with Crippen LogP contribution in [-0.2, 0) is 0 Å². The fourth-order valence-corrected chi connectivity index (χ4v) is 9.07. The van der Waals surface area contributed by atoms with Crippen molar-refractivity contribution in [2.24, 2.45) is 22.7 Å². The van der Waals surface area contributed by atoms with Gasteiger partial charge in [0.1, 0.15) is 0 Å². The summed E-state index contributed by atoms with van der Waals surface area (Å²) in [6.07, 6.45) is 2.60. The Morgan fingerprint density at radius 2 is 0.850 bits per heavy atom. The summed E-state index contributed by atoms with van der Waals surface area (Å²) in [5.74, 6) is 3.68. The van der Waals surface area contributed by atoms with Gasteiger partial charge in [0.05, 0.1) is 34.2 Å². The predicted molar refractivity (Wildman–Crippen MR) is 160 cm³/mol. The van der Waals surface area contributed by atoms with Crippen molar-refractivity contribution < 1.29 is 0 Å². The summed E-state index contributed by atoms with van der Waals surface area (Å²) in [6, 6.07) is 21.3. The molecule has 6 atom stereocenters. The first-order valence-corrected chi connectivity index (χ1v) is 15.1. The van der Waals surface area contributed by atoms with Gasteiger partial charge in [0.25, 0.3) is 0 Å². The highest BCUT2D eigenvalue weighted by Gasteiger charge is 2.57. The lowest BCUT2D eigenvalue weighted by atomic mass is 9.45. The van der Waals surface area contributed by atoms with Crippen molar-refractivity contribution in [1.29, 1.82) is 0 Å². The van der Waals surface area contributed by atoms with Crippen molar-refractivity contribution in [3.05, 3.63) is 83.2 Å². The van der Waals surface area contributed by atoms with Gasteiger partial charge in [0, 0.05) is 23.2 Å². The van der Waals surface area contributed by atoms with Crippen LogP contribution in [0.3, 0.4) is 0 Å². The molecule has 40 heavy (non-hydrogen) atoms. The largest absolute Gasteiger partial charge is 0.251 e. The fraction of sp³-hybridized carbons (Fsp3) is 0.444. The minimum absolute atomic E-state index is 0.381. The van der Waals surface area contributed by atoms with Crippen molar-refractivity contribution in [3.63, 3.8) is 0 Å². The lowest BCUT2D eigenvalue weighted by Gasteiger charge is -2.59. The van der Waals surface area contributed by atoms with Crippen LogP contribution in [0.4, 0.5) is 0 Å². The molecule has 4 bridgehead atoms. The maximum atomic E-state index is 5.19. The van der Waals surface area contributed by atoms with Gasteiger partial charge in [-0.05, 0) is 94.9 Å². The standard InChI is InChI=1S/C36H38N4/c1-19-23-17-25(35(23,3)4)21-13-15-31(39-33(19)21)29-11-7-9-27(37-29)28-10-8-12-30(38-28)32-16-14-22-26-18-24(36(26,5)6)20(2)34(22)40-32/h7-16,19-20,23-26H,17-18H2,1-6H3/t19?,20?,23-,24-,25+,26+/m1/s1.